The highest BCUT2D eigenvalue weighted by molar-refractivity contribution is 5.91. The van der Waals surface area contributed by atoms with Crippen LogP contribution < -0.4 is 0 Å². The Labute approximate surface area is 222 Å². The number of allylic oxidation sites excluding steroid dienone is 1. The van der Waals surface area contributed by atoms with E-state index in [1.54, 1.807) is 24.3 Å². The van der Waals surface area contributed by atoms with Crippen molar-refractivity contribution in [3.63, 3.8) is 0 Å². The molecular formula is C32H32O6. The van der Waals surface area contributed by atoms with E-state index in [1.807, 2.05) is 48.5 Å². The highest BCUT2D eigenvalue weighted by Gasteiger charge is 2.56. The number of carbonyl (C=O) groups is 2. The van der Waals surface area contributed by atoms with Crippen LogP contribution in [0.1, 0.15) is 47.2 Å². The average molecular weight is 513 g/mol. The van der Waals surface area contributed by atoms with Crippen LogP contribution in [0.2, 0.25) is 0 Å². The fraction of sp³-hybridized carbons (Fsp3) is 0.312. The number of esters is 1. The van der Waals surface area contributed by atoms with Gasteiger partial charge in [0.15, 0.2) is 5.60 Å². The number of carboxylic acid groups (broad SMARTS) is 1. The standard InChI is InChI=1S/C32H32O6/c33-28(15-13-21-17-23-9-4-5-10-24(23)18-21)27-14-16-29(34)32(27,20-30(35)36)38-31(37)26-12-6-11-25(19-26)22-7-2-1-3-8-22/h1-12,15,19,21,27,29,33-34H,13-14,16-18,20H2,(H,35,36)/t27-,29+,32+/m1/s1. The van der Waals surface area contributed by atoms with Gasteiger partial charge in [-0.1, -0.05) is 66.7 Å². The van der Waals surface area contributed by atoms with Crippen LogP contribution in [0, 0.1) is 11.8 Å². The van der Waals surface area contributed by atoms with Crippen molar-refractivity contribution in [2.75, 3.05) is 0 Å². The molecule has 6 nitrogen and oxygen atoms in total. The number of hydrogen-bond acceptors (Lipinski definition) is 5. The van der Waals surface area contributed by atoms with Crippen molar-refractivity contribution in [3.05, 3.63) is 107 Å². The van der Waals surface area contributed by atoms with E-state index in [9.17, 15) is 24.9 Å². The average Bonchev–Trinajstić information content (AvgIpc) is 3.48. The van der Waals surface area contributed by atoms with Gasteiger partial charge < -0.3 is 20.1 Å². The quantitative estimate of drug-likeness (QED) is 0.263. The largest absolute Gasteiger partial charge is 0.512 e. The lowest BCUT2D eigenvalue weighted by Crippen LogP contribution is -2.49. The number of aliphatic hydroxyl groups excluding tert-OH is 2. The number of hydrogen-bond donors (Lipinski definition) is 3. The van der Waals surface area contributed by atoms with Crippen LogP contribution in [0.3, 0.4) is 0 Å². The first-order chi connectivity index (χ1) is 18.4. The molecule has 0 aliphatic heterocycles. The summed E-state index contributed by atoms with van der Waals surface area (Å²) in [6, 6.07) is 24.8. The first-order valence-electron chi connectivity index (χ1n) is 13.1. The van der Waals surface area contributed by atoms with Crippen molar-refractivity contribution in [1.82, 2.24) is 0 Å². The lowest BCUT2D eigenvalue weighted by Gasteiger charge is -2.36. The van der Waals surface area contributed by atoms with E-state index in [2.05, 4.69) is 12.1 Å². The zero-order valence-electron chi connectivity index (χ0n) is 21.1. The van der Waals surface area contributed by atoms with Crippen LogP contribution in [0.25, 0.3) is 11.1 Å². The third kappa shape index (κ3) is 5.22. The molecule has 2 aliphatic rings. The molecule has 3 aromatic carbocycles. The Bertz CT molecular complexity index is 1320. The molecule has 3 N–H and O–H groups in total. The summed E-state index contributed by atoms with van der Waals surface area (Å²) >= 11 is 0. The molecule has 1 fully saturated rings. The predicted molar refractivity (Wildman–Crippen MR) is 144 cm³/mol. The second kappa shape index (κ2) is 10.8. The van der Waals surface area contributed by atoms with Gasteiger partial charge in [-0.05, 0) is 78.5 Å². The molecule has 196 valence electrons. The van der Waals surface area contributed by atoms with E-state index >= 15 is 0 Å². The van der Waals surface area contributed by atoms with Crippen LogP contribution in [0.15, 0.2) is 90.7 Å². The van der Waals surface area contributed by atoms with Gasteiger partial charge in [0.2, 0.25) is 0 Å². The molecule has 3 aromatic rings. The van der Waals surface area contributed by atoms with Crippen LogP contribution in [-0.4, -0.2) is 39.0 Å². The number of aliphatic carboxylic acids is 1. The van der Waals surface area contributed by atoms with Crippen molar-refractivity contribution in [2.45, 2.75) is 50.2 Å². The van der Waals surface area contributed by atoms with Crippen molar-refractivity contribution >= 4 is 11.9 Å². The first kappa shape index (κ1) is 25.7. The molecule has 1 saturated carbocycles. The van der Waals surface area contributed by atoms with Gasteiger partial charge in [0.05, 0.1) is 29.8 Å². The minimum atomic E-state index is -1.76. The van der Waals surface area contributed by atoms with Gasteiger partial charge in [0.1, 0.15) is 0 Å². The van der Waals surface area contributed by atoms with E-state index in [1.165, 1.54) is 11.1 Å². The Morgan fingerprint density at radius 3 is 2.21 bits per heavy atom. The number of fused-ring (bicyclic) bond motifs is 1. The van der Waals surface area contributed by atoms with E-state index in [0.29, 0.717) is 18.8 Å². The van der Waals surface area contributed by atoms with E-state index < -0.39 is 36.0 Å². The minimum Gasteiger partial charge on any atom is -0.512 e. The molecular weight excluding hydrogens is 480 g/mol. The molecule has 0 heterocycles. The van der Waals surface area contributed by atoms with Crippen molar-refractivity contribution in [1.29, 1.82) is 0 Å². The van der Waals surface area contributed by atoms with Crippen molar-refractivity contribution in [3.8, 4) is 11.1 Å². The second-order valence-electron chi connectivity index (χ2n) is 10.4. The zero-order valence-corrected chi connectivity index (χ0v) is 21.1. The van der Waals surface area contributed by atoms with E-state index in [-0.39, 0.29) is 17.7 Å². The summed E-state index contributed by atoms with van der Waals surface area (Å²) in [5, 5.41) is 31.8. The summed E-state index contributed by atoms with van der Waals surface area (Å²) in [4.78, 5) is 25.3. The number of ether oxygens (including phenoxy) is 1. The third-order valence-corrected chi connectivity index (χ3v) is 7.95. The molecule has 2 aliphatic carbocycles. The highest BCUT2D eigenvalue weighted by atomic mass is 16.6. The Kier molecular flexibility index (Phi) is 7.34. The Morgan fingerprint density at radius 2 is 1.53 bits per heavy atom. The lowest BCUT2D eigenvalue weighted by atomic mass is 9.83. The maximum absolute atomic E-state index is 13.4. The van der Waals surface area contributed by atoms with E-state index in [4.69, 9.17) is 4.74 Å². The molecule has 0 unspecified atom stereocenters. The van der Waals surface area contributed by atoms with Crippen LogP contribution >= 0.6 is 0 Å². The second-order valence-corrected chi connectivity index (χ2v) is 10.4. The molecule has 0 saturated heterocycles. The van der Waals surface area contributed by atoms with Crippen LogP contribution in [-0.2, 0) is 22.4 Å². The summed E-state index contributed by atoms with van der Waals surface area (Å²) < 4.78 is 5.88. The number of aliphatic hydroxyl groups is 2. The molecule has 5 rings (SSSR count). The smallest absolute Gasteiger partial charge is 0.338 e. The minimum absolute atomic E-state index is 0.0235. The predicted octanol–water partition coefficient (Wildman–Crippen LogP) is 5.74. The van der Waals surface area contributed by atoms with Gasteiger partial charge in [0, 0.05) is 0 Å². The highest BCUT2D eigenvalue weighted by Crippen LogP contribution is 2.46. The molecule has 0 bridgehead atoms. The Hall–Kier alpha value is -3.90. The maximum atomic E-state index is 13.4. The molecule has 0 aromatic heterocycles. The Morgan fingerprint density at radius 1 is 0.868 bits per heavy atom. The Balaban J connectivity index is 1.37. The molecule has 3 atom stereocenters. The van der Waals surface area contributed by atoms with Gasteiger partial charge in [-0.15, -0.1) is 0 Å². The summed E-state index contributed by atoms with van der Waals surface area (Å²) in [6.07, 6.45) is 2.90. The van der Waals surface area contributed by atoms with Gasteiger partial charge in [-0.25, -0.2) is 4.79 Å². The normalized spacial score (nSPS) is 23.2. The molecule has 0 radical (unpaired) electrons. The van der Waals surface area contributed by atoms with E-state index in [0.717, 1.165) is 24.0 Å². The van der Waals surface area contributed by atoms with Gasteiger partial charge >= 0.3 is 11.9 Å². The van der Waals surface area contributed by atoms with Gasteiger partial charge in [-0.2, -0.15) is 0 Å². The summed E-state index contributed by atoms with van der Waals surface area (Å²) in [6.45, 7) is 0. The third-order valence-electron chi connectivity index (χ3n) is 7.95. The molecule has 0 amide bonds. The monoisotopic (exact) mass is 512 g/mol. The fourth-order valence-corrected chi connectivity index (χ4v) is 6.03. The SMILES string of the molecule is O=C(O)C[C@]1(OC(=O)c2cccc(-c3ccccc3)c2)[C@@H](C(O)=CCC2Cc3ccccc3C2)CC[C@@H]1O. The van der Waals surface area contributed by atoms with Gasteiger partial charge in [-0.3, -0.25) is 4.79 Å². The van der Waals surface area contributed by atoms with Crippen molar-refractivity contribution < 1.29 is 29.6 Å². The zero-order chi connectivity index (χ0) is 26.7. The number of carbonyl (C=O) groups excluding carboxylic acids is 1. The summed E-state index contributed by atoms with van der Waals surface area (Å²) in [7, 11) is 0. The molecule has 38 heavy (non-hydrogen) atoms. The number of carboxylic acids is 1. The topological polar surface area (TPSA) is 104 Å². The fourth-order valence-electron chi connectivity index (χ4n) is 6.03. The van der Waals surface area contributed by atoms with Gasteiger partial charge in [0.25, 0.3) is 0 Å². The lowest BCUT2D eigenvalue weighted by molar-refractivity contribution is -0.151. The summed E-state index contributed by atoms with van der Waals surface area (Å²) in [5.41, 5.74) is 2.86. The maximum Gasteiger partial charge on any atom is 0.338 e. The summed E-state index contributed by atoms with van der Waals surface area (Å²) in [5.74, 6) is -2.43. The first-order valence-corrected chi connectivity index (χ1v) is 13.1. The number of benzene rings is 3. The number of rotatable bonds is 8. The molecule has 6 heteroatoms. The molecule has 0 spiro atoms. The van der Waals surface area contributed by atoms with Crippen LogP contribution in [0.5, 0.6) is 0 Å². The van der Waals surface area contributed by atoms with Crippen molar-refractivity contribution in [2.24, 2.45) is 11.8 Å². The van der Waals surface area contributed by atoms with Crippen LogP contribution in [0.4, 0.5) is 0 Å².